The summed E-state index contributed by atoms with van der Waals surface area (Å²) in [5, 5.41) is 0. The Labute approximate surface area is 137 Å². The standard InChI is InChI=1S/C19H22N2O2/c1-14(17(13-22)16-9-5-4-6-10-16)12-21(3)19(23)18-11-7-8-15(2)20-18/h4-11,13-14,17H,12H2,1-3H3. The summed E-state index contributed by atoms with van der Waals surface area (Å²) in [6.07, 6.45) is 0.962. The number of aryl methyl sites for hydroxylation is 1. The maximum Gasteiger partial charge on any atom is 0.272 e. The molecule has 2 aromatic rings. The average Bonchev–Trinajstić information content (AvgIpc) is 2.55. The number of rotatable bonds is 6. The summed E-state index contributed by atoms with van der Waals surface area (Å²) in [6, 6.07) is 15.1. The lowest BCUT2D eigenvalue weighted by Gasteiger charge is -2.25. The zero-order valence-corrected chi connectivity index (χ0v) is 13.8. The molecule has 0 aliphatic rings. The second-order valence-corrected chi connectivity index (χ2v) is 5.90. The molecule has 2 atom stereocenters. The van der Waals surface area contributed by atoms with Crippen LogP contribution in [0.25, 0.3) is 0 Å². The Kier molecular flexibility index (Phi) is 5.63. The summed E-state index contributed by atoms with van der Waals surface area (Å²) in [6.45, 7) is 4.34. The maximum absolute atomic E-state index is 12.5. The molecule has 1 heterocycles. The predicted molar refractivity (Wildman–Crippen MR) is 90.3 cm³/mol. The fourth-order valence-corrected chi connectivity index (χ4v) is 2.70. The van der Waals surface area contributed by atoms with E-state index in [1.165, 1.54) is 0 Å². The van der Waals surface area contributed by atoms with Crippen LogP contribution < -0.4 is 0 Å². The van der Waals surface area contributed by atoms with Gasteiger partial charge in [0.05, 0.1) is 0 Å². The van der Waals surface area contributed by atoms with Gasteiger partial charge in [0.15, 0.2) is 0 Å². The molecule has 2 rings (SSSR count). The lowest BCUT2D eigenvalue weighted by molar-refractivity contribution is -0.110. The van der Waals surface area contributed by atoms with E-state index in [0.29, 0.717) is 12.2 Å². The van der Waals surface area contributed by atoms with Crippen molar-refractivity contribution in [2.45, 2.75) is 19.8 Å². The minimum absolute atomic E-state index is 0.0219. The lowest BCUT2D eigenvalue weighted by atomic mass is 9.88. The summed E-state index contributed by atoms with van der Waals surface area (Å²) in [5.41, 5.74) is 2.22. The molecule has 4 heteroatoms. The third-order valence-corrected chi connectivity index (χ3v) is 3.96. The molecule has 0 bridgehead atoms. The van der Waals surface area contributed by atoms with Crippen molar-refractivity contribution in [2.75, 3.05) is 13.6 Å². The van der Waals surface area contributed by atoms with E-state index in [4.69, 9.17) is 0 Å². The summed E-state index contributed by atoms with van der Waals surface area (Å²) in [7, 11) is 1.75. The fourth-order valence-electron chi connectivity index (χ4n) is 2.70. The van der Waals surface area contributed by atoms with Gasteiger partial charge in [-0.05, 0) is 30.5 Å². The third-order valence-electron chi connectivity index (χ3n) is 3.96. The molecule has 0 aliphatic heterocycles. The Morgan fingerprint density at radius 1 is 1.17 bits per heavy atom. The quantitative estimate of drug-likeness (QED) is 0.770. The highest BCUT2D eigenvalue weighted by Crippen LogP contribution is 2.23. The molecule has 23 heavy (non-hydrogen) atoms. The van der Waals surface area contributed by atoms with Crippen LogP contribution in [0.5, 0.6) is 0 Å². The van der Waals surface area contributed by atoms with Crippen molar-refractivity contribution in [2.24, 2.45) is 5.92 Å². The maximum atomic E-state index is 12.5. The van der Waals surface area contributed by atoms with Crippen LogP contribution in [0.15, 0.2) is 48.5 Å². The number of benzene rings is 1. The Morgan fingerprint density at radius 3 is 2.48 bits per heavy atom. The highest BCUT2D eigenvalue weighted by Gasteiger charge is 2.22. The van der Waals surface area contributed by atoms with E-state index in [1.807, 2.05) is 56.3 Å². The summed E-state index contributed by atoms with van der Waals surface area (Å²) in [5.74, 6) is -0.330. The molecule has 0 saturated carbocycles. The summed E-state index contributed by atoms with van der Waals surface area (Å²) >= 11 is 0. The van der Waals surface area contributed by atoms with Crippen LogP contribution in [0.2, 0.25) is 0 Å². The summed E-state index contributed by atoms with van der Waals surface area (Å²) < 4.78 is 0. The van der Waals surface area contributed by atoms with Gasteiger partial charge in [-0.15, -0.1) is 0 Å². The van der Waals surface area contributed by atoms with Gasteiger partial charge in [0, 0.05) is 25.2 Å². The molecule has 0 spiro atoms. The molecular weight excluding hydrogens is 288 g/mol. The molecule has 0 radical (unpaired) electrons. The smallest absolute Gasteiger partial charge is 0.272 e. The highest BCUT2D eigenvalue weighted by atomic mass is 16.2. The molecule has 1 aromatic carbocycles. The van der Waals surface area contributed by atoms with Crippen molar-refractivity contribution in [1.29, 1.82) is 0 Å². The van der Waals surface area contributed by atoms with Crippen LogP contribution >= 0.6 is 0 Å². The van der Waals surface area contributed by atoms with Crippen molar-refractivity contribution in [1.82, 2.24) is 9.88 Å². The fraction of sp³-hybridized carbons (Fsp3) is 0.316. The Hall–Kier alpha value is -2.49. The van der Waals surface area contributed by atoms with Crippen molar-refractivity contribution in [3.8, 4) is 0 Å². The number of hydrogen-bond donors (Lipinski definition) is 0. The minimum atomic E-state index is -0.225. The number of carbonyl (C=O) groups excluding carboxylic acids is 2. The molecule has 0 fully saturated rings. The second-order valence-electron chi connectivity index (χ2n) is 5.90. The van der Waals surface area contributed by atoms with E-state index < -0.39 is 0 Å². The van der Waals surface area contributed by atoms with E-state index >= 15 is 0 Å². The van der Waals surface area contributed by atoms with Crippen molar-refractivity contribution < 1.29 is 9.59 Å². The second kappa shape index (κ2) is 7.68. The number of nitrogens with zero attached hydrogens (tertiary/aromatic N) is 2. The number of aldehydes is 1. The van der Waals surface area contributed by atoms with Crippen LogP contribution in [0.3, 0.4) is 0 Å². The molecule has 1 aromatic heterocycles. The first-order valence-corrected chi connectivity index (χ1v) is 7.72. The van der Waals surface area contributed by atoms with E-state index in [-0.39, 0.29) is 17.7 Å². The minimum Gasteiger partial charge on any atom is -0.340 e. The Balaban J connectivity index is 2.07. The Morgan fingerprint density at radius 2 is 1.87 bits per heavy atom. The lowest BCUT2D eigenvalue weighted by Crippen LogP contribution is -2.34. The molecule has 1 amide bonds. The van der Waals surface area contributed by atoms with Crippen LogP contribution in [-0.4, -0.2) is 35.7 Å². The predicted octanol–water partition coefficient (Wildman–Crippen LogP) is 3.08. The third kappa shape index (κ3) is 4.25. The van der Waals surface area contributed by atoms with Crippen LogP contribution in [0.1, 0.15) is 34.6 Å². The number of aromatic nitrogens is 1. The molecule has 0 N–H and O–H groups in total. The number of hydrogen-bond acceptors (Lipinski definition) is 3. The van der Waals surface area contributed by atoms with Crippen molar-refractivity contribution >= 4 is 12.2 Å². The first-order valence-electron chi connectivity index (χ1n) is 7.72. The van der Waals surface area contributed by atoms with Gasteiger partial charge >= 0.3 is 0 Å². The normalized spacial score (nSPS) is 13.2. The van der Waals surface area contributed by atoms with Gasteiger partial charge in [-0.2, -0.15) is 0 Å². The molecule has 4 nitrogen and oxygen atoms in total. The molecule has 120 valence electrons. The molecule has 2 unspecified atom stereocenters. The van der Waals surface area contributed by atoms with Crippen molar-refractivity contribution in [3.05, 3.63) is 65.5 Å². The van der Waals surface area contributed by atoms with E-state index in [0.717, 1.165) is 17.5 Å². The van der Waals surface area contributed by atoms with E-state index in [9.17, 15) is 9.59 Å². The number of carbonyl (C=O) groups is 2. The van der Waals surface area contributed by atoms with Crippen LogP contribution in [-0.2, 0) is 4.79 Å². The monoisotopic (exact) mass is 310 g/mol. The van der Waals surface area contributed by atoms with Crippen LogP contribution in [0.4, 0.5) is 0 Å². The highest BCUT2D eigenvalue weighted by molar-refractivity contribution is 5.92. The average molecular weight is 310 g/mol. The topological polar surface area (TPSA) is 50.3 Å². The van der Waals surface area contributed by atoms with Gasteiger partial charge in [-0.1, -0.05) is 43.3 Å². The molecule has 0 saturated heterocycles. The summed E-state index contributed by atoms with van der Waals surface area (Å²) in [4.78, 5) is 29.8. The Bertz CT molecular complexity index is 670. The zero-order chi connectivity index (χ0) is 16.8. The van der Waals surface area contributed by atoms with Crippen LogP contribution in [0, 0.1) is 12.8 Å². The number of pyridine rings is 1. The number of amides is 1. The van der Waals surface area contributed by atoms with Crippen molar-refractivity contribution in [3.63, 3.8) is 0 Å². The van der Waals surface area contributed by atoms with Gasteiger partial charge in [-0.3, -0.25) is 4.79 Å². The zero-order valence-electron chi connectivity index (χ0n) is 13.8. The largest absolute Gasteiger partial charge is 0.340 e. The SMILES string of the molecule is Cc1cccc(C(=O)N(C)CC(C)C(C=O)c2ccccc2)n1. The van der Waals surface area contributed by atoms with Gasteiger partial charge < -0.3 is 9.69 Å². The molecular formula is C19H22N2O2. The van der Waals surface area contributed by atoms with Gasteiger partial charge in [-0.25, -0.2) is 4.98 Å². The first kappa shape index (κ1) is 16.9. The van der Waals surface area contributed by atoms with Gasteiger partial charge in [0.25, 0.3) is 5.91 Å². The van der Waals surface area contributed by atoms with E-state index in [1.54, 1.807) is 18.0 Å². The van der Waals surface area contributed by atoms with Gasteiger partial charge in [0.1, 0.15) is 12.0 Å². The van der Waals surface area contributed by atoms with Gasteiger partial charge in [0.2, 0.25) is 0 Å². The first-order chi connectivity index (χ1) is 11.0. The molecule has 0 aliphatic carbocycles. The van der Waals surface area contributed by atoms with E-state index in [2.05, 4.69) is 4.98 Å².